The van der Waals surface area contributed by atoms with Crippen LogP contribution in [0.2, 0.25) is 0 Å². The summed E-state index contributed by atoms with van der Waals surface area (Å²) in [5, 5.41) is 28.3. The van der Waals surface area contributed by atoms with Crippen molar-refractivity contribution >= 4 is 0 Å². The van der Waals surface area contributed by atoms with Crippen LogP contribution in [0.15, 0.2) is 15.8 Å². The van der Waals surface area contributed by atoms with Gasteiger partial charge in [0.25, 0.3) is 5.56 Å². The van der Waals surface area contributed by atoms with E-state index in [4.69, 9.17) is 9.84 Å². The number of ether oxygens (including phenoxy) is 1. The van der Waals surface area contributed by atoms with Crippen LogP contribution in [0.4, 0.5) is 0 Å². The van der Waals surface area contributed by atoms with E-state index < -0.39 is 42.3 Å². The van der Waals surface area contributed by atoms with Crippen molar-refractivity contribution in [1.29, 1.82) is 0 Å². The SMILES string of the molecule is Cn1cc([C@@H]2O[C@H](CO)[C@H](O)C2O)c(=O)[nH]c1=O. The molecule has 2 heterocycles. The van der Waals surface area contributed by atoms with E-state index >= 15 is 0 Å². The average Bonchev–Trinajstić information content (AvgIpc) is 2.61. The number of aromatic nitrogens is 2. The number of hydrogen-bond acceptors (Lipinski definition) is 6. The second-order valence-electron chi connectivity index (χ2n) is 4.21. The van der Waals surface area contributed by atoms with E-state index in [9.17, 15) is 19.8 Å². The predicted molar refractivity (Wildman–Crippen MR) is 59.0 cm³/mol. The molecular formula is C10H14N2O6. The molecule has 8 nitrogen and oxygen atoms in total. The largest absolute Gasteiger partial charge is 0.394 e. The lowest BCUT2D eigenvalue weighted by Gasteiger charge is -2.14. The summed E-state index contributed by atoms with van der Waals surface area (Å²) in [4.78, 5) is 24.9. The molecule has 1 aliphatic rings. The van der Waals surface area contributed by atoms with E-state index in [1.807, 2.05) is 0 Å². The molecule has 1 aromatic rings. The van der Waals surface area contributed by atoms with E-state index in [0.717, 1.165) is 4.57 Å². The van der Waals surface area contributed by atoms with Gasteiger partial charge in [0.05, 0.1) is 12.2 Å². The van der Waals surface area contributed by atoms with Crippen molar-refractivity contribution in [2.24, 2.45) is 7.05 Å². The van der Waals surface area contributed by atoms with Crippen LogP contribution in [0.5, 0.6) is 0 Å². The molecule has 8 heteroatoms. The van der Waals surface area contributed by atoms with Gasteiger partial charge in [0, 0.05) is 13.2 Å². The van der Waals surface area contributed by atoms with Crippen LogP contribution >= 0.6 is 0 Å². The molecule has 4 N–H and O–H groups in total. The number of rotatable bonds is 2. The molecule has 1 saturated heterocycles. The summed E-state index contributed by atoms with van der Waals surface area (Å²) >= 11 is 0. The molecule has 100 valence electrons. The molecule has 1 aromatic heterocycles. The number of aryl methyl sites for hydroxylation is 1. The third-order valence-corrected chi connectivity index (χ3v) is 2.98. The third-order valence-electron chi connectivity index (χ3n) is 2.98. The topological polar surface area (TPSA) is 125 Å². The maximum absolute atomic E-state index is 11.6. The highest BCUT2D eigenvalue weighted by Gasteiger charge is 2.44. The van der Waals surface area contributed by atoms with Crippen molar-refractivity contribution in [3.05, 3.63) is 32.6 Å². The average molecular weight is 258 g/mol. The summed E-state index contributed by atoms with van der Waals surface area (Å²) in [7, 11) is 1.43. The second-order valence-corrected chi connectivity index (χ2v) is 4.21. The van der Waals surface area contributed by atoms with Crippen LogP contribution in [0, 0.1) is 0 Å². The Balaban J connectivity index is 2.42. The fourth-order valence-electron chi connectivity index (χ4n) is 1.94. The van der Waals surface area contributed by atoms with Gasteiger partial charge >= 0.3 is 5.69 Å². The normalized spacial score (nSPS) is 31.8. The van der Waals surface area contributed by atoms with Gasteiger partial charge in [0.2, 0.25) is 0 Å². The van der Waals surface area contributed by atoms with Crippen LogP contribution < -0.4 is 11.2 Å². The third kappa shape index (κ3) is 1.99. The maximum atomic E-state index is 11.6. The minimum absolute atomic E-state index is 0.0274. The van der Waals surface area contributed by atoms with Gasteiger partial charge in [-0.25, -0.2) is 4.79 Å². The van der Waals surface area contributed by atoms with Crippen LogP contribution in [-0.4, -0.2) is 49.8 Å². The summed E-state index contributed by atoms with van der Waals surface area (Å²) in [6, 6.07) is 0. The molecule has 2 rings (SSSR count). The number of aliphatic hydroxyl groups is 3. The van der Waals surface area contributed by atoms with Crippen molar-refractivity contribution in [1.82, 2.24) is 9.55 Å². The Hall–Kier alpha value is -1.48. The number of hydrogen-bond donors (Lipinski definition) is 4. The fraction of sp³-hybridized carbons (Fsp3) is 0.600. The van der Waals surface area contributed by atoms with Crippen molar-refractivity contribution in [3.8, 4) is 0 Å². The molecule has 4 atom stereocenters. The van der Waals surface area contributed by atoms with Crippen LogP contribution in [0.25, 0.3) is 0 Å². The molecule has 18 heavy (non-hydrogen) atoms. The molecular weight excluding hydrogens is 244 g/mol. The molecule has 0 saturated carbocycles. The van der Waals surface area contributed by atoms with E-state index in [2.05, 4.69) is 4.98 Å². The summed E-state index contributed by atoms with van der Waals surface area (Å²) in [5.41, 5.74) is -1.25. The predicted octanol–water partition coefficient (Wildman–Crippen LogP) is -2.77. The number of nitrogens with one attached hydrogen (secondary N) is 1. The Morgan fingerprint density at radius 2 is 2.06 bits per heavy atom. The van der Waals surface area contributed by atoms with Crippen molar-refractivity contribution < 1.29 is 20.1 Å². The zero-order chi connectivity index (χ0) is 13.4. The Morgan fingerprint density at radius 3 is 2.61 bits per heavy atom. The van der Waals surface area contributed by atoms with E-state index in [1.165, 1.54) is 13.2 Å². The minimum Gasteiger partial charge on any atom is -0.394 e. The second kappa shape index (κ2) is 4.65. The quantitative estimate of drug-likeness (QED) is 0.455. The lowest BCUT2D eigenvalue weighted by molar-refractivity contribution is -0.0233. The summed E-state index contributed by atoms with van der Waals surface area (Å²) in [5.74, 6) is 0. The first-order valence-corrected chi connectivity index (χ1v) is 5.38. The smallest absolute Gasteiger partial charge is 0.328 e. The first-order valence-electron chi connectivity index (χ1n) is 5.38. The minimum atomic E-state index is -1.33. The zero-order valence-electron chi connectivity index (χ0n) is 9.61. The molecule has 0 aromatic carbocycles. The highest BCUT2D eigenvalue weighted by atomic mass is 16.6. The van der Waals surface area contributed by atoms with Gasteiger partial charge in [-0.15, -0.1) is 0 Å². The fourth-order valence-corrected chi connectivity index (χ4v) is 1.94. The summed E-state index contributed by atoms with van der Waals surface area (Å²) < 4.78 is 6.34. The molecule has 1 aliphatic heterocycles. The van der Waals surface area contributed by atoms with Crippen LogP contribution in [0.1, 0.15) is 11.7 Å². The Bertz CT molecular complexity index is 550. The van der Waals surface area contributed by atoms with Crippen molar-refractivity contribution in [2.45, 2.75) is 24.4 Å². The maximum Gasteiger partial charge on any atom is 0.328 e. The van der Waals surface area contributed by atoms with Gasteiger partial charge in [-0.2, -0.15) is 0 Å². The molecule has 1 unspecified atom stereocenters. The van der Waals surface area contributed by atoms with Gasteiger partial charge < -0.3 is 24.6 Å². The Labute approximate surface area is 101 Å². The zero-order valence-corrected chi connectivity index (χ0v) is 9.61. The molecule has 0 aliphatic carbocycles. The summed E-state index contributed by atoms with van der Waals surface area (Å²) in [6.45, 7) is -0.474. The Morgan fingerprint density at radius 1 is 1.39 bits per heavy atom. The van der Waals surface area contributed by atoms with Gasteiger partial charge in [0.15, 0.2) is 0 Å². The van der Waals surface area contributed by atoms with E-state index in [-0.39, 0.29) is 5.56 Å². The van der Waals surface area contributed by atoms with E-state index in [1.54, 1.807) is 0 Å². The lowest BCUT2D eigenvalue weighted by atomic mass is 10.0. The number of aliphatic hydroxyl groups excluding tert-OH is 3. The summed E-state index contributed by atoms with van der Waals surface area (Å²) in [6.07, 6.45) is -3.41. The molecule has 0 radical (unpaired) electrons. The molecule has 0 spiro atoms. The first kappa shape index (κ1) is 13.0. The van der Waals surface area contributed by atoms with E-state index in [0.29, 0.717) is 0 Å². The van der Waals surface area contributed by atoms with Gasteiger partial charge in [-0.1, -0.05) is 0 Å². The highest BCUT2D eigenvalue weighted by Crippen LogP contribution is 2.31. The number of aromatic amines is 1. The van der Waals surface area contributed by atoms with Crippen LogP contribution in [-0.2, 0) is 11.8 Å². The number of nitrogens with zero attached hydrogens (tertiary/aromatic N) is 1. The van der Waals surface area contributed by atoms with Crippen LogP contribution in [0.3, 0.4) is 0 Å². The van der Waals surface area contributed by atoms with Crippen molar-refractivity contribution in [2.75, 3.05) is 6.61 Å². The van der Waals surface area contributed by atoms with Gasteiger partial charge in [0.1, 0.15) is 24.4 Å². The Kier molecular flexibility index (Phi) is 3.35. The lowest BCUT2D eigenvalue weighted by Crippen LogP contribution is -2.35. The monoisotopic (exact) mass is 258 g/mol. The van der Waals surface area contributed by atoms with Crippen molar-refractivity contribution in [3.63, 3.8) is 0 Å². The highest BCUT2D eigenvalue weighted by molar-refractivity contribution is 5.14. The molecule has 1 fully saturated rings. The standard InChI is InChI=1S/C10H14N2O6/c1-12-2-4(9(16)11-10(12)17)8-7(15)6(14)5(3-13)18-8/h2,5-8,13-15H,3H2,1H3,(H,11,16,17)/t5-,6+,7?,8+/m1/s1. The number of H-pyrrole nitrogens is 1. The molecule has 0 amide bonds. The molecule has 0 bridgehead atoms. The van der Waals surface area contributed by atoms with Gasteiger partial charge in [-0.05, 0) is 0 Å². The first-order chi connectivity index (χ1) is 8.45. The van der Waals surface area contributed by atoms with Gasteiger partial charge in [-0.3, -0.25) is 9.78 Å².